The molecule has 0 aromatic heterocycles. The highest BCUT2D eigenvalue weighted by Crippen LogP contribution is 2.08. The normalized spacial score (nSPS) is 17.8. The lowest BCUT2D eigenvalue weighted by Crippen LogP contribution is -2.29. The van der Waals surface area contributed by atoms with Gasteiger partial charge in [-0.2, -0.15) is 0 Å². The first-order chi connectivity index (χ1) is 4.34. The van der Waals surface area contributed by atoms with Gasteiger partial charge >= 0.3 is 0 Å². The first kappa shape index (κ1) is 10.6. The minimum atomic E-state index is 0. The highest BCUT2D eigenvalue weighted by molar-refractivity contribution is 14.0. The third-order valence-electron chi connectivity index (χ3n) is 1.41. The van der Waals surface area contributed by atoms with Crippen molar-refractivity contribution < 1.29 is 0 Å². The van der Waals surface area contributed by atoms with Crippen molar-refractivity contribution in [2.75, 3.05) is 26.4 Å². The summed E-state index contributed by atoms with van der Waals surface area (Å²) in [6.45, 7) is 2.18. The number of amidine groups is 1. The molecule has 0 N–H and O–H groups in total. The number of nitrogens with zero attached hydrogens (tertiary/aromatic N) is 2. The molecule has 0 saturated carbocycles. The molecule has 4 heteroatoms. The summed E-state index contributed by atoms with van der Waals surface area (Å²) < 4.78 is 0. The van der Waals surface area contributed by atoms with E-state index in [0.29, 0.717) is 0 Å². The highest BCUT2D eigenvalue weighted by atomic mass is 127. The predicted octanol–water partition coefficient (Wildman–Crippen LogP) is 1.66. The molecule has 0 amide bonds. The van der Waals surface area contributed by atoms with Crippen molar-refractivity contribution in [3.8, 4) is 0 Å². The maximum Gasteiger partial charge on any atom is 0.158 e. The third kappa shape index (κ3) is 2.65. The smallest absolute Gasteiger partial charge is 0.158 e. The molecular formula is C6H13IN2S. The lowest BCUT2D eigenvalue weighted by Gasteiger charge is -2.22. The molecule has 1 aliphatic rings. The van der Waals surface area contributed by atoms with Gasteiger partial charge in [0.05, 0.1) is 0 Å². The molecule has 0 aromatic carbocycles. The highest BCUT2D eigenvalue weighted by Gasteiger charge is 2.07. The van der Waals surface area contributed by atoms with Crippen molar-refractivity contribution in [3.05, 3.63) is 0 Å². The van der Waals surface area contributed by atoms with Crippen LogP contribution in [0, 0.1) is 0 Å². The van der Waals surface area contributed by atoms with E-state index >= 15 is 0 Å². The van der Waals surface area contributed by atoms with Gasteiger partial charge < -0.3 is 4.90 Å². The zero-order chi connectivity index (χ0) is 6.69. The van der Waals surface area contributed by atoms with Crippen LogP contribution < -0.4 is 0 Å². The van der Waals surface area contributed by atoms with Gasteiger partial charge in [0.1, 0.15) is 0 Å². The molecule has 0 atom stereocenters. The van der Waals surface area contributed by atoms with Crippen LogP contribution in [0.1, 0.15) is 6.42 Å². The average Bonchev–Trinajstić information content (AvgIpc) is 1.89. The molecule has 0 bridgehead atoms. The van der Waals surface area contributed by atoms with Gasteiger partial charge in [0.2, 0.25) is 0 Å². The zero-order valence-corrected chi connectivity index (χ0v) is 9.48. The Balaban J connectivity index is 0.000000810. The number of aliphatic imine (C=N–C) groups is 1. The van der Waals surface area contributed by atoms with Gasteiger partial charge in [-0.25, -0.2) is 0 Å². The fourth-order valence-corrected chi connectivity index (χ4v) is 1.54. The standard InChI is InChI=1S/C6H12N2S.HI/c1-8-5-3-4-7-6(8)9-2;/h3-5H2,1-2H3;1H. The first-order valence-corrected chi connectivity index (χ1v) is 4.36. The molecule has 10 heavy (non-hydrogen) atoms. The van der Waals surface area contributed by atoms with Crippen molar-refractivity contribution in [2.24, 2.45) is 4.99 Å². The van der Waals surface area contributed by atoms with Crippen molar-refractivity contribution in [1.29, 1.82) is 0 Å². The Hall–Kier alpha value is 0.550. The molecule has 0 unspecified atom stereocenters. The summed E-state index contributed by atoms with van der Waals surface area (Å²) in [7, 11) is 2.09. The molecular weight excluding hydrogens is 259 g/mol. The maximum absolute atomic E-state index is 4.33. The van der Waals surface area contributed by atoms with Gasteiger partial charge in [0, 0.05) is 20.1 Å². The molecule has 2 nitrogen and oxygen atoms in total. The molecule has 0 radical (unpaired) electrons. The molecule has 1 heterocycles. The van der Waals surface area contributed by atoms with Crippen LogP contribution in [0.5, 0.6) is 0 Å². The predicted molar refractivity (Wildman–Crippen MR) is 58.5 cm³/mol. The Labute approximate surface area is 83.5 Å². The zero-order valence-electron chi connectivity index (χ0n) is 6.33. The van der Waals surface area contributed by atoms with Crippen LogP contribution in [-0.4, -0.2) is 36.5 Å². The fraction of sp³-hybridized carbons (Fsp3) is 0.833. The minimum absolute atomic E-state index is 0. The number of hydrogen-bond acceptors (Lipinski definition) is 3. The number of rotatable bonds is 0. The Kier molecular flexibility index (Phi) is 5.52. The Morgan fingerprint density at radius 3 is 2.70 bits per heavy atom. The summed E-state index contributed by atoms with van der Waals surface area (Å²) in [5.74, 6) is 0. The number of halogens is 1. The van der Waals surface area contributed by atoms with Gasteiger partial charge in [0.25, 0.3) is 0 Å². The third-order valence-corrected chi connectivity index (χ3v) is 2.21. The molecule has 0 aromatic rings. The van der Waals surface area contributed by atoms with Crippen LogP contribution >= 0.6 is 35.7 Å². The van der Waals surface area contributed by atoms with E-state index in [9.17, 15) is 0 Å². The van der Waals surface area contributed by atoms with Crippen molar-refractivity contribution >= 4 is 40.9 Å². The van der Waals surface area contributed by atoms with Crippen LogP contribution in [0.2, 0.25) is 0 Å². The number of hydrogen-bond donors (Lipinski definition) is 0. The molecule has 0 spiro atoms. The molecule has 1 aliphatic heterocycles. The maximum atomic E-state index is 4.33. The van der Waals surface area contributed by atoms with E-state index in [2.05, 4.69) is 23.2 Å². The number of thioether (sulfide) groups is 1. The monoisotopic (exact) mass is 272 g/mol. The van der Waals surface area contributed by atoms with E-state index in [1.165, 1.54) is 18.1 Å². The van der Waals surface area contributed by atoms with Crippen LogP contribution in [0.4, 0.5) is 0 Å². The van der Waals surface area contributed by atoms with Gasteiger partial charge in [-0.05, 0) is 12.7 Å². The van der Waals surface area contributed by atoms with E-state index < -0.39 is 0 Å². The van der Waals surface area contributed by atoms with Crippen LogP contribution in [0.15, 0.2) is 4.99 Å². The van der Waals surface area contributed by atoms with Crippen molar-refractivity contribution in [2.45, 2.75) is 6.42 Å². The summed E-state index contributed by atoms with van der Waals surface area (Å²) in [5.41, 5.74) is 0. The van der Waals surface area contributed by atoms with E-state index in [1.54, 1.807) is 11.8 Å². The first-order valence-electron chi connectivity index (χ1n) is 3.14. The van der Waals surface area contributed by atoms with Gasteiger partial charge in [-0.1, -0.05) is 11.8 Å². The second-order valence-corrected chi connectivity index (χ2v) is 2.92. The Bertz CT molecular complexity index is 127. The topological polar surface area (TPSA) is 15.6 Å². The molecule has 0 fully saturated rings. The van der Waals surface area contributed by atoms with E-state index in [4.69, 9.17) is 0 Å². The Morgan fingerprint density at radius 2 is 2.30 bits per heavy atom. The van der Waals surface area contributed by atoms with Gasteiger partial charge in [-0.3, -0.25) is 4.99 Å². The van der Waals surface area contributed by atoms with E-state index in [-0.39, 0.29) is 24.0 Å². The summed E-state index contributed by atoms with van der Waals surface area (Å²) >= 11 is 1.73. The summed E-state index contributed by atoms with van der Waals surface area (Å²) in [5, 5.41) is 1.18. The van der Waals surface area contributed by atoms with Gasteiger partial charge in [-0.15, -0.1) is 24.0 Å². The SMILES string of the molecule is CSC1=NCCCN1C.I. The lowest BCUT2D eigenvalue weighted by molar-refractivity contribution is 0.477. The lowest BCUT2D eigenvalue weighted by atomic mass is 10.4. The molecule has 60 valence electrons. The summed E-state index contributed by atoms with van der Waals surface area (Å²) in [6.07, 6.45) is 3.28. The van der Waals surface area contributed by atoms with Gasteiger partial charge in [0.15, 0.2) is 5.17 Å². The van der Waals surface area contributed by atoms with E-state index in [0.717, 1.165) is 6.54 Å². The fourth-order valence-electron chi connectivity index (χ4n) is 0.919. The summed E-state index contributed by atoms with van der Waals surface area (Å²) in [4.78, 5) is 6.54. The second-order valence-electron chi connectivity index (χ2n) is 2.14. The second kappa shape index (κ2) is 5.23. The quantitative estimate of drug-likeness (QED) is 0.623. The minimum Gasteiger partial charge on any atom is -0.354 e. The Morgan fingerprint density at radius 1 is 1.60 bits per heavy atom. The molecule has 0 saturated heterocycles. The molecule has 0 aliphatic carbocycles. The molecule has 1 rings (SSSR count). The van der Waals surface area contributed by atoms with Crippen LogP contribution in [-0.2, 0) is 0 Å². The average molecular weight is 272 g/mol. The van der Waals surface area contributed by atoms with Crippen LogP contribution in [0.3, 0.4) is 0 Å². The largest absolute Gasteiger partial charge is 0.354 e. The van der Waals surface area contributed by atoms with Crippen LogP contribution in [0.25, 0.3) is 0 Å². The summed E-state index contributed by atoms with van der Waals surface area (Å²) in [6, 6.07) is 0. The van der Waals surface area contributed by atoms with Crippen molar-refractivity contribution in [1.82, 2.24) is 4.90 Å². The van der Waals surface area contributed by atoms with E-state index in [1.807, 2.05) is 0 Å². The van der Waals surface area contributed by atoms with Crippen molar-refractivity contribution in [3.63, 3.8) is 0 Å².